The largest absolute Gasteiger partial charge is 0.355 e. The number of aromatic nitrogens is 1. The summed E-state index contributed by atoms with van der Waals surface area (Å²) in [4.78, 5) is 15.1. The lowest BCUT2D eigenvalue weighted by Gasteiger charge is -2.28. The van der Waals surface area contributed by atoms with Gasteiger partial charge in [-0.05, 0) is 50.6 Å². The Morgan fingerprint density at radius 3 is 2.52 bits per heavy atom. The maximum atomic E-state index is 12.7. The fourth-order valence-electron chi connectivity index (χ4n) is 3.71. The molecule has 150 valence electrons. The van der Waals surface area contributed by atoms with Crippen molar-refractivity contribution in [3.8, 4) is 11.3 Å². The molecule has 1 aliphatic rings. The summed E-state index contributed by atoms with van der Waals surface area (Å²) in [5.41, 5.74) is 3.65. The van der Waals surface area contributed by atoms with Gasteiger partial charge < -0.3 is 9.84 Å². The lowest BCUT2D eigenvalue weighted by molar-refractivity contribution is 0.0929. The molecule has 1 N–H and O–H groups in total. The van der Waals surface area contributed by atoms with Crippen LogP contribution in [0.15, 0.2) is 63.6 Å². The second-order valence-electron chi connectivity index (χ2n) is 7.46. The number of carbonyl (C=O) groups is 1. The van der Waals surface area contributed by atoms with Crippen LogP contribution in [0, 0.1) is 6.92 Å². The Hall–Kier alpha value is -2.44. The van der Waals surface area contributed by atoms with Gasteiger partial charge in [0.2, 0.25) is 0 Å². The van der Waals surface area contributed by atoms with E-state index in [-0.39, 0.29) is 11.9 Å². The zero-order valence-corrected chi connectivity index (χ0v) is 18.0. The lowest BCUT2D eigenvalue weighted by Crippen LogP contribution is -2.36. The van der Waals surface area contributed by atoms with Crippen LogP contribution in [0.2, 0.25) is 0 Å². The molecule has 1 unspecified atom stereocenters. The molecule has 6 heteroatoms. The van der Waals surface area contributed by atoms with Crippen molar-refractivity contribution in [3.05, 3.63) is 75.9 Å². The van der Waals surface area contributed by atoms with Crippen molar-refractivity contribution in [2.75, 3.05) is 19.6 Å². The van der Waals surface area contributed by atoms with E-state index >= 15 is 0 Å². The van der Waals surface area contributed by atoms with Crippen molar-refractivity contribution in [2.24, 2.45) is 0 Å². The van der Waals surface area contributed by atoms with Crippen LogP contribution in [0.4, 0.5) is 0 Å². The highest BCUT2D eigenvalue weighted by Crippen LogP contribution is 2.26. The number of carbonyl (C=O) groups excluding carboxylic acids is 1. The lowest BCUT2D eigenvalue weighted by atomic mass is 10.0. The minimum Gasteiger partial charge on any atom is -0.355 e. The summed E-state index contributed by atoms with van der Waals surface area (Å²) in [5, 5.41) is 7.01. The maximum Gasteiger partial charge on any atom is 0.273 e. The quantitative estimate of drug-likeness (QED) is 0.571. The number of likely N-dealkylation sites (tertiary alicyclic amines) is 1. The minimum atomic E-state index is -0.214. The molecule has 5 nitrogen and oxygen atoms in total. The van der Waals surface area contributed by atoms with Crippen molar-refractivity contribution in [3.63, 3.8) is 0 Å². The Kier molecular flexibility index (Phi) is 6.11. The number of rotatable bonds is 6. The molecule has 4 rings (SSSR count). The molecule has 0 bridgehead atoms. The van der Waals surface area contributed by atoms with E-state index in [1.807, 2.05) is 24.3 Å². The van der Waals surface area contributed by atoms with Gasteiger partial charge in [0, 0.05) is 22.6 Å². The maximum absolute atomic E-state index is 12.7. The predicted molar refractivity (Wildman–Crippen MR) is 117 cm³/mol. The van der Waals surface area contributed by atoms with Crippen molar-refractivity contribution in [1.29, 1.82) is 0 Å². The average Bonchev–Trinajstić information content (AvgIpc) is 3.42. The fraction of sp³-hybridized carbons (Fsp3) is 0.304. The van der Waals surface area contributed by atoms with Gasteiger partial charge in [-0.3, -0.25) is 9.69 Å². The third kappa shape index (κ3) is 4.77. The molecule has 1 aliphatic heterocycles. The van der Waals surface area contributed by atoms with Gasteiger partial charge in [-0.2, -0.15) is 0 Å². The summed E-state index contributed by atoms with van der Waals surface area (Å²) >= 11 is 3.42. The molecular weight excluding hydrogens is 430 g/mol. The molecule has 0 aliphatic carbocycles. The van der Waals surface area contributed by atoms with Crippen LogP contribution < -0.4 is 5.32 Å². The summed E-state index contributed by atoms with van der Waals surface area (Å²) in [5.74, 6) is 0.366. The van der Waals surface area contributed by atoms with Crippen LogP contribution in [-0.4, -0.2) is 35.6 Å². The monoisotopic (exact) mass is 453 g/mol. The number of benzene rings is 2. The summed E-state index contributed by atoms with van der Waals surface area (Å²) in [6.45, 7) is 4.75. The Labute approximate surface area is 179 Å². The van der Waals surface area contributed by atoms with Crippen LogP contribution >= 0.6 is 15.9 Å². The van der Waals surface area contributed by atoms with Crippen LogP contribution in [0.5, 0.6) is 0 Å². The first kappa shape index (κ1) is 19.9. The van der Waals surface area contributed by atoms with Crippen molar-refractivity contribution in [2.45, 2.75) is 25.8 Å². The van der Waals surface area contributed by atoms with Crippen LogP contribution in [-0.2, 0) is 0 Å². The van der Waals surface area contributed by atoms with E-state index in [0.717, 1.165) is 23.1 Å². The molecule has 1 amide bonds. The van der Waals surface area contributed by atoms with Gasteiger partial charge in [-0.25, -0.2) is 0 Å². The highest BCUT2D eigenvalue weighted by molar-refractivity contribution is 9.10. The number of hydrogen-bond donors (Lipinski definition) is 1. The van der Waals surface area contributed by atoms with Crippen LogP contribution in [0.25, 0.3) is 11.3 Å². The number of halogens is 1. The molecular formula is C23H24BrN3O2. The number of nitrogens with zero attached hydrogens (tertiary/aromatic N) is 2. The van der Waals surface area contributed by atoms with E-state index in [1.54, 1.807) is 6.07 Å². The van der Waals surface area contributed by atoms with Gasteiger partial charge in [0.15, 0.2) is 11.5 Å². The van der Waals surface area contributed by atoms with Crippen LogP contribution in [0.1, 0.15) is 40.5 Å². The number of amides is 1. The predicted octanol–water partition coefficient (Wildman–Crippen LogP) is 4.98. The average molecular weight is 454 g/mol. The fourth-order valence-corrected chi connectivity index (χ4v) is 3.98. The summed E-state index contributed by atoms with van der Waals surface area (Å²) in [6, 6.07) is 18.1. The Balaban J connectivity index is 1.45. The van der Waals surface area contributed by atoms with Crippen molar-refractivity contribution >= 4 is 21.8 Å². The van der Waals surface area contributed by atoms with E-state index in [9.17, 15) is 4.79 Å². The second-order valence-corrected chi connectivity index (χ2v) is 8.38. The van der Waals surface area contributed by atoms with E-state index in [2.05, 4.69) is 62.5 Å². The summed E-state index contributed by atoms with van der Waals surface area (Å²) in [7, 11) is 0. The molecule has 3 aromatic rings. The van der Waals surface area contributed by atoms with Gasteiger partial charge >= 0.3 is 0 Å². The first-order chi connectivity index (χ1) is 14.1. The van der Waals surface area contributed by atoms with Crippen LogP contribution in [0.3, 0.4) is 0 Å². The van der Waals surface area contributed by atoms with E-state index in [1.165, 1.54) is 24.0 Å². The normalized spacial score (nSPS) is 15.4. The van der Waals surface area contributed by atoms with Gasteiger partial charge in [-0.1, -0.05) is 63.0 Å². The Morgan fingerprint density at radius 2 is 1.83 bits per heavy atom. The van der Waals surface area contributed by atoms with Gasteiger partial charge in [0.1, 0.15) is 0 Å². The Bertz CT molecular complexity index is 961. The molecule has 1 fully saturated rings. The van der Waals surface area contributed by atoms with E-state index in [0.29, 0.717) is 18.0 Å². The molecule has 0 saturated carbocycles. The third-order valence-corrected chi connectivity index (χ3v) is 5.90. The van der Waals surface area contributed by atoms with E-state index in [4.69, 9.17) is 4.52 Å². The molecule has 2 aromatic carbocycles. The summed E-state index contributed by atoms with van der Waals surface area (Å²) < 4.78 is 6.37. The van der Waals surface area contributed by atoms with E-state index < -0.39 is 0 Å². The van der Waals surface area contributed by atoms with Gasteiger partial charge in [-0.15, -0.1) is 0 Å². The molecule has 0 radical (unpaired) electrons. The highest BCUT2D eigenvalue weighted by Gasteiger charge is 2.24. The number of aryl methyl sites for hydroxylation is 1. The zero-order valence-electron chi connectivity index (χ0n) is 16.4. The first-order valence-electron chi connectivity index (χ1n) is 9.91. The second kappa shape index (κ2) is 8.93. The molecule has 1 aromatic heterocycles. The highest BCUT2D eigenvalue weighted by atomic mass is 79.9. The molecule has 2 heterocycles. The van der Waals surface area contributed by atoms with Gasteiger partial charge in [0.25, 0.3) is 5.91 Å². The SMILES string of the molecule is Cc1ccc(C(CNC(=O)c2cc(-c3ccc(Br)cc3)on2)N2CCCC2)cc1. The molecule has 29 heavy (non-hydrogen) atoms. The first-order valence-corrected chi connectivity index (χ1v) is 10.7. The number of nitrogens with one attached hydrogen (secondary N) is 1. The Morgan fingerprint density at radius 1 is 1.14 bits per heavy atom. The van der Waals surface area contributed by atoms with Crippen molar-refractivity contribution < 1.29 is 9.32 Å². The summed E-state index contributed by atoms with van der Waals surface area (Å²) in [6.07, 6.45) is 2.41. The zero-order chi connectivity index (χ0) is 20.2. The smallest absolute Gasteiger partial charge is 0.273 e. The minimum absolute atomic E-state index is 0.167. The molecule has 0 spiro atoms. The molecule has 1 saturated heterocycles. The standard InChI is InChI=1S/C23H24BrN3O2/c1-16-4-6-17(7-5-16)21(27-12-2-3-13-27)15-25-23(28)20-14-22(29-26-20)18-8-10-19(24)11-9-18/h4-11,14,21H,2-3,12-13,15H2,1H3,(H,25,28). The van der Waals surface area contributed by atoms with Gasteiger partial charge in [0.05, 0.1) is 6.04 Å². The van der Waals surface area contributed by atoms with Crippen molar-refractivity contribution in [1.82, 2.24) is 15.4 Å². The molecule has 1 atom stereocenters. The third-order valence-electron chi connectivity index (χ3n) is 5.37. The number of hydrogen-bond acceptors (Lipinski definition) is 4. The topological polar surface area (TPSA) is 58.4 Å².